The van der Waals surface area contributed by atoms with Crippen LogP contribution in [-0.4, -0.2) is 18.8 Å². The van der Waals surface area contributed by atoms with E-state index in [4.69, 9.17) is 14.3 Å². The van der Waals surface area contributed by atoms with Crippen LogP contribution in [0.2, 0.25) is 0 Å². The highest BCUT2D eigenvalue weighted by Gasteiger charge is 2.10. The molecule has 0 aliphatic rings. The molecule has 0 amide bonds. The molecular formula is C16H24FNO3. The molecule has 1 aromatic rings. The Balaban J connectivity index is 2.50. The van der Waals surface area contributed by atoms with Crippen molar-refractivity contribution in [2.75, 3.05) is 6.61 Å². The standard InChI is InChI=1S/C16H24FNO3/c1-6-12(4)20-14-7-8-16(15(17)9-14)19-10-13(5)21-18-11(2)3/h7-9,12-13,18H,2,6,10H2,1,3-5H3. The minimum Gasteiger partial charge on any atom is -0.491 e. The molecule has 4 nitrogen and oxygen atoms in total. The van der Waals surface area contributed by atoms with Gasteiger partial charge in [0.25, 0.3) is 0 Å². The molecule has 0 heterocycles. The van der Waals surface area contributed by atoms with E-state index in [9.17, 15) is 4.39 Å². The Morgan fingerprint density at radius 2 is 2.05 bits per heavy atom. The van der Waals surface area contributed by atoms with Gasteiger partial charge in [-0.25, -0.2) is 4.39 Å². The summed E-state index contributed by atoms with van der Waals surface area (Å²) in [4.78, 5) is 5.23. The molecule has 0 aliphatic carbocycles. The summed E-state index contributed by atoms with van der Waals surface area (Å²) in [5.74, 6) is 0.232. The zero-order chi connectivity index (χ0) is 15.8. The maximum atomic E-state index is 13.9. The van der Waals surface area contributed by atoms with Gasteiger partial charge in [-0.3, -0.25) is 10.3 Å². The molecule has 1 rings (SSSR count). The number of hydroxylamine groups is 1. The van der Waals surface area contributed by atoms with Crippen molar-refractivity contribution in [2.24, 2.45) is 0 Å². The number of ether oxygens (including phenoxy) is 2. The Kier molecular flexibility index (Phi) is 7.02. The highest BCUT2D eigenvalue weighted by molar-refractivity contribution is 5.33. The van der Waals surface area contributed by atoms with Crippen LogP contribution in [-0.2, 0) is 4.84 Å². The molecule has 2 unspecified atom stereocenters. The Morgan fingerprint density at radius 3 is 2.62 bits per heavy atom. The summed E-state index contributed by atoms with van der Waals surface area (Å²) >= 11 is 0. The van der Waals surface area contributed by atoms with Gasteiger partial charge in [0, 0.05) is 11.8 Å². The summed E-state index contributed by atoms with van der Waals surface area (Å²) in [6, 6.07) is 4.59. The van der Waals surface area contributed by atoms with Gasteiger partial charge in [-0.2, -0.15) is 0 Å². The van der Waals surface area contributed by atoms with Crippen LogP contribution in [0.1, 0.15) is 34.1 Å². The van der Waals surface area contributed by atoms with Crippen LogP contribution in [0.4, 0.5) is 4.39 Å². The summed E-state index contributed by atoms with van der Waals surface area (Å²) in [6.07, 6.45) is 0.680. The van der Waals surface area contributed by atoms with Crippen molar-refractivity contribution in [1.82, 2.24) is 5.48 Å². The van der Waals surface area contributed by atoms with Gasteiger partial charge in [-0.15, -0.1) is 0 Å². The lowest BCUT2D eigenvalue weighted by molar-refractivity contribution is -0.0207. The Morgan fingerprint density at radius 1 is 1.33 bits per heavy atom. The fourth-order valence-corrected chi connectivity index (χ4v) is 1.43. The lowest BCUT2D eigenvalue weighted by atomic mass is 10.3. The Bertz CT molecular complexity index is 465. The topological polar surface area (TPSA) is 39.7 Å². The van der Waals surface area contributed by atoms with Crippen molar-refractivity contribution >= 4 is 0 Å². The van der Waals surface area contributed by atoms with Crippen LogP contribution < -0.4 is 15.0 Å². The van der Waals surface area contributed by atoms with Crippen molar-refractivity contribution in [2.45, 2.75) is 46.3 Å². The molecule has 0 saturated carbocycles. The number of nitrogens with one attached hydrogen (secondary N) is 1. The number of hydrogen-bond donors (Lipinski definition) is 1. The summed E-state index contributed by atoms with van der Waals surface area (Å²) in [6.45, 7) is 11.4. The van der Waals surface area contributed by atoms with Crippen molar-refractivity contribution < 1.29 is 18.7 Å². The van der Waals surface area contributed by atoms with Gasteiger partial charge in [0.2, 0.25) is 0 Å². The largest absolute Gasteiger partial charge is 0.491 e. The molecule has 0 saturated heterocycles. The minimum atomic E-state index is -0.448. The van der Waals surface area contributed by atoms with Crippen molar-refractivity contribution in [3.05, 3.63) is 36.3 Å². The predicted octanol–water partition coefficient (Wildman–Crippen LogP) is 3.83. The lowest BCUT2D eigenvalue weighted by Gasteiger charge is -2.16. The molecule has 2 atom stereocenters. The fraction of sp³-hybridized carbons (Fsp3) is 0.500. The van der Waals surface area contributed by atoms with Crippen molar-refractivity contribution in [3.8, 4) is 11.5 Å². The average Bonchev–Trinajstić information content (AvgIpc) is 2.44. The van der Waals surface area contributed by atoms with Crippen molar-refractivity contribution in [3.63, 3.8) is 0 Å². The van der Waals surface area contributed by atoms with E-state index in [1.54, 1.807) is 19.1 Å². The summed E-state index contributed by atoms with van der Waals surface area (Å²) in [7, 11) is 0. The van der Waals surface area contributed by atoms with Gasteiger partial charge in [0.05, 0.1) is 6.10 Å². The Labute approximate surface area is 125 Å². The molecule has 0 aromatic heterocycles. The van der Waals surface area contributed by atoms with Gasteiger partial charge in [0.1, 0.15) is 18.5 Å². The molecule has 0 fully saturated rings. The molecule has 0 bridgehead atoms. The van der Waals surface area contributed by atoms with E-state index in [1.165, 1.54) is 6.07 Å². The highest BCUT2D eigenvalue weighted by atomic mass is 19.1. The number of benzene rings is 1. The van der Waals surface area contributed by atoms with Crippen LogP contribution in [0.3, 0.4) is 0 Å². The quantitative estimate of drug-likeness (QED) is 0.703. The van der Waals surface area contributed by atoms with E-state index >= 15 is 0 Å². The van der Waals surface area contributed by atoms with Gasteiger partial charge in [0.15, 0.2) is 11.6 Å². The molecule has 1 N–H and O–H groups in total. The smallest absolute Gasteiger partial charge is 0.168 e. The maximum absolute atomic E-state index is 13.9. The zero-order valence-corrected chi connectivity index (χ0v) is 13.1. The second-order valence-electron chi connectivity index (χ2n) is 5.05. The molecule has 0 radical (unpaired) electrons. The van der Waals surface area contributed by atoms with E-state index in [0.29, 0.717) is 11.4 Å². The second kappa shape index (κ2) is 8.52. The fourth-order valence-electron chi connectivity index (χ4n) is 1.43. The molecule has 21 heavy (non-hydrogen) atoms. The lowest BCUT2D eigenvalue weighted by Crippen LogP contribution is -2.25. The monoisotopic (exact) mass is 297 g/mol. The predicted molar refractivity (Wildman–Crippen MR) is 80.8 cm³/mol. The molecule has 1 aromatic carbocycles. The minimum absolute atomic E-state index is 0.0535. The molecule has 118 valence electrons. The third-order valence-corrected chi connectivity index (χ3v) is 2.72. The van der Waals surface area contributed by atoms with E-state index in [-0.39, 0.29) is 24.6 Å². The van der Waals surface area contributed by atoms with Gasteiger partial charge < -0.3 is 9.47 Å². The van der Waals surface area contributed by atoms with Crippen LogP contribution >= 0.6 is 0 Å². The van der Waals surface area contributed by atoms with Crippen LogP contribution in [0, 0.1) is 5.82 Å². The van der Waals surface area contributed by atoms with Gasteiger partial charge in [-0.1, -0.05) is 13.5 Å². The first-order valence-electron chi connectivity index (χ1n) is 7.08. The van der Waals surface area contributed by atoms with Crippen LogP contribution in [0.5, 0.6) is 11.5 Å². The molecule has 0 spiro atoms. The number of hydrogen-bond acceptors (Lipinski definition) is 4. The van der Waals surface area contributed by atoms with E-state index in [0.717, 1.165) is 6.42 Å². The third kappa shape index (κ3) is 6.49. The third-order valence-electron chi connectivity index (χ3n) is 2.72. The first-order chi connectivity index (χ1) is 9.92. The summed E-state index contributed by atoms with van der Waals surface area (Å²) in [5.41, 5.74) is 3.34. The maximum Gasteiger partial charge on any atom is 0.168 e. The first kappa shape index (κ1) is 17.3. The van der Waals surface area contributed by atoms with Crippen LogP contribution in [0.25, 0.3) is 0 Å². The highest BCUT2D eigenvalue weighted by Crippen LogP contribution is 2.24. The van der Waals surface area contributed by atoms with Gasteiger partial charge >= 0.3 is 0 Å². The SMILES string of the molecule is C=C(C)NOC(C)COc1ccc(OC(C)CC)cc1F. The number of allylic oxidation sites excluding steroid dienone is 1. The summed E-state index contributed by atoms with van der Waals surface area (Å²) in [5, 5.41) is 0. The number of halogens is 1. The molecular weight excluding hydrogens is 273 g/mol. The second-order valence-corrected chi connectivity index (χ2v) is 5.05. The zero-order valence-electron chi connectivity index (χ0n) is 13.1. The normalized spacial score (nSPS) is 13.4. The van der Waals surface area contributed by atoms with Crippen LogP contribution in [0.15, 0.2) is 30.5 Å². The van der Waals surface area contributed by atoms with E-state index in [1.807, 2.05) is 20.8 Å². The average molecular weight is 297 g/mol. The van der Waals surface area contributed by atoms with Gasteiger partial charge in [-0.05, 0) is 39.3 Å². The summed E-state index contributed by atoms with van der Waals surface area (Å²) < 4.78 is 24.8. The van der Waals surface area contributed by atoms with E-state index < -0.39 is 5.82 Å². The molecule has 0 aliphatic heterocycles. The van der Waals surface area contributed by atoms with E-state index in [2.05, 4.69) is 12.1 Å². The van der Waals surface area contributed by atoms with Crippen molar-refractivity contribution in [1.29, 1.82) is 0 Å². The Hall–Kier alpha value is -1.75. The molecule has 5 heteroatoms. The number of rotatable bonds is 9. The first-order valence-corrected chi connectivity index (χ1v) is 7.08.